The summed E-state index contributed by atoms with van der Waals surface area (Å²) >= 11 is 1.88. The highest BCUT2D eigenvalue weighted by atomic mass is 32.2. The first-order valence-corrected chi connectivity index (χ1v) is 22.4. The fourth-order valence-electron chi connectivity index (χ4n) is 10.1. The molecule has 9 aromatic carbocycles. The van der Waals surface area contributed by atoms with Gasteiger partial charge in [0.1, 0.15) is 0 Å². The molecule has 0 saturated carbocycles. The second-order valence-corrected chi connectivity index (χ2v) is 17.6. The Hall–Kier alpha value is -7.99. The first kappa shape index (κ1) is 36.6. The highest BCUT2D eigenvalue weighted by Crippen LogP contribution is 2.62. The zero-order valence-electron chi connectivity index (χ0n) is 34.5. The number of pyridine rings is 1. The van der Waals surface area contributed by atoms with E-state index in [0.29, 0.717) is 17.5 Å². The Kier molecular flexibility index (Phi) is 8.33. The molecule has 64 heavy (non-hydrogen) atoms. The van der Waals surface area contributed by atoms with Crippen molar-refractivity contribution in [3.05, 3.63) is 241 Å². The summed E-state index contributed by atoms with van der Waals surface area (Å²) in [6.07, 6.45) is 0. The average molecular weight is 833 g/mol. The second-order valence-electron chi connectivity index (χ2n) is 16.5. The third kappa shape index (κ3) is 5.64. The molecular weight excluding hydrogens is 797 g/mol. The van der Waals surface area contributed by atoms with Crippen molar-refractivity contribution >= 4 is 33.4 Å². The van der Waals surface area contributed by atoms with Gasteiger partial charge in [-0.1, -0.05) is 206 Å². The van der Waals surface area contributed by atoms with Gasteiger partial charge >= 0.3 is 0 Å². The van der Waals surface area contributed by atoms with Crippen LogP contribution < -0.4 is 0 Å². The van der Waals surface area contributed by atoms with Crippen molar-refractivity contribution in [3.8, 4) is 67.7 Å². The number of rotatable bonds is 5. The quantitative estimate of drug-likeness (QED) is 0.162. The third-order valence-electron chi connectivity index (χ3n) is 13.0. The van der Waals surface area contributed by atoms with Crippen LogP contribution in [-0.4, -0.2) is 19.9 Å². The van der Waals surface area contributed by atoms with Gasteiger partial charge in [-0.25, -0.2) is 19.9 Å². The number of nitrogens with zero attached hydrogens (tertiary/aromatic N) is 4. The van der Waals surface area contributed by atoms with Crippen LogP contribution in [0.1, 0.15) is 22.3 Å². The fourth-order valence-corrected chi connectivity index (χ4v) is 11.3. The SMILES string of the molecule is c1ccc(-c2nc(-c3ccccc3)nc(-c3ccc(-c4ccc5c(c4)nc(-c4ccccc4)c4cc6c(cc45)Sc4ccccc4C64c5ccccc5-c5ccccc54)cc3)n2)cc1. The molecule has 11 aromatic rings. The Bertz CT molecular complexity index is 3520. The van der Waals surface area contributed by atoms with Gasteiger partial charge in [-0.05, 0) is 74.2 Å². The fraction of sp³-hybridized carbons (Fsp3) is 0.0169. The molecule has 0 amide bonds. The molecule has 0 bridgehead atoms. The van der Waals surface area contributed by atoms with E-state index in [1.165, 1.54) is 48.6 Å². The molecule has 2 aromatic heterocycles. The summed E-state index contributed by atoms with van der Waals surface area (Å²) in [7, 11) is 0. The van der Waals surface area contributed by atoms with Gasteiger partial charge in [-0.15, -0.1) is 0 Å². The van der Waals surface area contributed by atoms with Crippen molar-refractivity contribution in [3.63, 3.8) is 0 Å². The van der Waals surface area contributed by atoms with Gasteiger partial charge < -0.3 is 0 Å². The van der Waals surface area contributed by atoms with Crippen LogP contribution in [0.15, 0.2) is 228 Å². The van der Waals surface area contributed by atoms with Gasteiger partial charge in [0.15, 0.2) is 17.5 Å². The van der Waals surface area contributed by atoms with E-state index in [-0.39, 0.29) is 0 Å². The van der Waals surface area contributed by atoms with Gasteiger partial charge in [0.25, 0.3) is 0 Å². The van der Waals surface area contributed by atoms with Crippen LogP contribution >= 0.6 is 11.8 Å². The minimum atomic E-state index is -0.467. The summed E-state index contributed by atoms with van der Waals surface area (Å²) < 4.78 is 0. The van der Waals surface area contributed by atoms with Crippen LogP contribution in [0.3, 0.4) is 0 Å². The van der Waals surface area contributed by atoms with Gasteiger partial charge in [-0.3, -0.25) is 0 Å². The molecule has 0 radical (unpaired) electrons. The highest BCUT2D eigenvalue weighted by Gasteiger charge is 2.50. The summed E-state index contributed by atoms with van der Waals surface area (Å²) in [6, 6.07) is 78.1. The van der Waals surface area contributed by atoms with E-state index < -0.39 is 5.41 Å². The van der Waals surface area contributed by atoms with Crippen molar-refractivity contribution in [2.24, 2.45) is 0 Å². The maximum absolute atomic E-state index is 5.57. The summed E-state index contributed by atoms with van der Waals surface area (Å²) in [6.45, 7) is 0. The van der Waals surface area contributed by atoms with Crippen LogP contribution in [0.25, 0.3) is 89.4 Å². The predicted octanol–water partition coefficient (Wildman–Crippen LogP) is 14.7. The molecule has 0 atom stereocenters. The van der Waals surface area contributed by atoms with Gasteiger partial charge in [0.2, 0.25) is 0 Å². The molecule has 1 aliphatic carbocycles. The van der Waals surface area contributed by atoms with E-state index in [2.05, 4.69) is 158 Å². The minimum absolute atomic E-state index is 0.467. The Balaban J connectivity index is 0.970. The molecule has 0 fully saturated rings. The molecule has 2 aliphatic rings. The number of benzene rings is 9. The van der Waals surface area contributed by atoms with E-state index in [1.807, 2.05) is 72.4 Å². The average Bonchev–Trinajstić information content (AvgIpc) is 3.66. The molecule has 5 heteroatoms. The largest absolute Gasteiger partial charge is 0.247 e. The molecule has 0 saturated heterocycles. The van der Waals surface area contributed by atoms with E-state index in [1.54, 1.807) is 0 Å². The van der Waals surface area contributed by atoms with Crippen LogP contribution in [0.5, 0.6) is 0 Å². The van der Waals surface area contributed by atoms with E-state index in [4.69, 9.17) is 19.9 Å². The van der Waals surface area contributed by atoms with Crippen LogP contribution in [0, 0.1) is 0 Å². The monoisotopic (exact) mass is 832 g/mol. The molecular formula is C59H36N4S. The van der Waals surface area contributed by atoms with Crippen LogP contribution in [0.4, 0.5) is 0 Å². The molecule has 13 rings (SSSR count). The molecule has 0 N–H and O–H groups in total. The first-order valence-electron chi connectivity index (χ1n) is 21.6. The van der Waals surface area contributed by atoms with Crippen LogP contribution in [-0.2, 0) is 5.41 Å². The number of hydrogen-bond acceptors (Lipinski definition) is 5. The zero-order valence-corrected chi connectivity index (χ0v) is 35.3. The molecule has 1 spiro atoms. The number of hydrogen-bond donors (Lipinski definition) is 0. The van der Waals surface area contributed by atoms with Crippen molar-refractivity contribution in [2.75, 3.05) is 0 Å². The lowest BCUT2D eigenvalue weighted by Gasteiger charge is -2.40. The summed E-state index contributed by atoms with van der Waals surface area (Å²) in [5.41, 5.74) is 15.5. The highest BCUT2D eigenvalue weighted by molar-refractivity contribution is 7.99. The normalized spacial score (nSPS) is 13.1. The van der Waals surface area contributed by atoms with E-state index >= 15 is 0 Å². The van der Waals surface area contributed by atoms with Crippen molar-refractivity contribution in [2.45, 2.75) is 15.2 Å². The smallest absolute Gasteiger partial charge is 0.164 e. The number of fused-ring (bicyclic) bond motifs is 12. The Labute approximate surface area is 375 Å². The maximum atomic E-state index is 5.57. The zero-order chi connectivity index (χ0) is 42.2. The lowest BCUT2D eigenvalue weighted by atomic mass is 9.67. The van der Waals surface area contributed by atoms with Crippen molar-refractivity contribution < 1.29 is 0 Å². The molecule has 3 heterocycles. The molecule has 298 valence electrons. The van der Waals surface area contributed by atoms with Gasteiger partial charge in [0.05, 0.1) is 16.6 Å². The topological polar surface area (TPSA) is 51.6 Å². The Morgan fingerprint density at radius 3 is 1.39 bits per heavy atom. The number of aromatic nitrogens is 4. The van der Waals surface area contributed by atoms with Crippen molar-refractivity contribution in [1.29, 1.82) is 0 Å². The maximum Gasteiger partial charge on any atom is 0.164 e. The lowest BCUT2D eigenvalue weighted by Crippen LogP contribution is -2.32. The van der Waals surface area contributed by atoms with Crippen LogP contribution in [0.2, 0.25) is 0 Å². The molecule has 4 nitrogen and oxygen atoms in total. The summed E-state index contributed by atoms with van der Waals surface area (Å²) in [4.78, 5) is 22.9. The van der Waals surface area contributed by atoms with Gasteiger partial charge in [0, 0.05) is 42.8 Å². The first-order chi connectivity index (χ1) is 31.7. The van der Waals surface area contributed by atoms with E-state index in [0.717, 1.165) is 55.4 Å². The van der Waals surface area contributed by atoms with E-state index in [9.17, 15) is 0 Å². The molecule has 0 unspecified atom stereocenters. The Morgan fingerprint density at radius 1 is 0.297 bits per heavy atom. The third-order valence-corrected chi connectivity index (χ3v) is 14.1. The van der Waals surface area contributed by atoms with Crippen molar-refractivity contribution in [1.82, 2.24) is 19.9 Å². The molecule has 1 aliphatic heterocycles. The predicted molar refractivity (Wildman–Crippen MR) is 261 cm³/mol. The second kappa shape index (κ2) is 14.6. The summed E-state index contributed by atoms with van der Waals surface area (Å²) in [5.74, 6) is 1.92. The Morgan fingerprint density at radius 2 is 0.781 bits per heavy atom. The lowest BCUT2D eigenvalue weighted by molar-refractivity contribution is 0.724. The summed E-state index contributed by atoms with van der Waals surface area (Å²) in [5, 5.41) is 3.48. The van der Waals surface area contributed by atoms with Gasteiger partial charge in [-0.2, -0.15) is 0 Å². The minimum Gasteiger partial charge on any atom is -0.247 e. The standard InChI is InChI=1S/C59H36N4S/c1-4-16-38(17-5-1)55-47-35-51-54(64-53-27-15-14-26-50(53)59(51)48-24-12-10-22-43(48)44-23-11-13-25-49(44)59)36-46(47)45-33-32-42(34-52(45)60-55)37-28-30-41(31-29-37)58-62-56(39-18-6-2-7-19-39)61-57(63-58)40-20-8-3-9-21-40/h1-36H.